The smallest absolute Gasteiger partial charge is 0.319 e. The third kappa shape index (κ3) is 5.45. The zero-order valence-corrected chi connectivity index (χ0v) is 12.1. The molecule has 1 aliphatic carbocycles. The van der Waals surface area contributed by atoms with Crippen molar-refractivity contribution in [2.45, 2.75) is 51.0 Å². The highest BCUT2D eigenvalue weighted by molar-refractivity contribution is 5.89. The fraction of sp³-hybridized carbons (Fsp3) is 0.500. The van der Waals surface area contributed by atoms with E-state index in [1.807, 2.05) is 24.3 Å². The molecule has 0 aromatic heterocycles. The Balaban J connectivity index is 1.85. The van der Waals surface area contributed by atoms with E-state index in [9.17, 15) is 9.59 Å². The Labute approximate surface area is 124 Å². The van der Waals surface area contributed by atoms with Crippen molar-refractivity contribution < 1.29 is 14.7 Å². The number of rotatable bonds is 5. The van der Waals surface area contributed by atoms with Gasteiger partial charge in [-0.3, -0.25) is 4.79 Å². The first-order valence-electron chi connectivity index (χ1n) is 7.52. The summed E-state index contributed by atoms with van der Waals surface area (Å²) in [7, 11) is 0. The van der Waals surface area contributed by atoms with Crippen LogP contribution in [0.5, 0.6) is 0 Å². The number of carbonyl (C=O) groups excluding carboxylic acids is 1. The Bertz CT molecular complexity index is 496. The van der Waals surface area contributed by atoms with E-state index in [0.29, 0.717) is 12.1 Å². The highest BCUT2D eigenvalue weighted by Gasteiger charge is 2.15. The molecule has 0 atom stereocenters. The van der Waals surface area contributed by atoms with Crippen LogP contribution in [0.15, 0.2) is 24.3 Å². The van der Waals surface area contributed by atoms with Crippen LogP contribution in [0.1, 0.15) is 44.1 Å². The molecular weight excluding hydrogens is 268 g/mol. The van der Waals surface area contributed by atoms with Crippen molar-refractivity contribution in [3.8, 4) is 0 Å². The Hall–Kier alpha value is -2.04. The standard InChI is InChI=1S/C16H22N2O3/c19-15(20)10-9-12-5-4-8-14(11-12)18-16(21)17-13-6-2-1-3-7-13/h4-5,8,11,13H,1-3,6-7,9-10H2,(H,19,20)(H2,17,18,21). The second kappa shape index (κ2) is 7.67. The maximum Gasteiger partial charge on any atom is 0.319 e. The van der Waals surface area contributed by atoms with Crippen LogP contribution in [-0.4, -0.2) is 23.1 Å². The number of aliphatic carboxylic acids is 1. The molecule has 0 radical (unpaired) electrons. The van der Waals surface area contributed by atoms with Crippen molar-refractivity contribution in [3.05, 3.63) is 29.8 Å². The number of hydrogen-bond acceptors (Lipinski definition) is 2. The van der Waals surface area contributed by atoms with Gasteiger partial charge in [0.15, 0.2) is 0 Å². The highest BCUT2D eigenvalue weighted by Crippen LogP contribution is 2.18. The number of carboxylic acids is 1. The molecule has 0 unspecified atom stereocenters. The molecule has 5 nitrogen and oxygen atoms in total. The van der Waals surface area contributed by atoms with Gasteiger partial charge in [-0.2, -0.15) is 0 Å². The van der Waals surface area contributed by atoms with Crippen LogP contribution in [-0.2, 0) is 11.2 Å². The predicted molar refractivity (Wildman–Crippen MR) is 81.4 cm³/mol. The number of anilines is 1. The minimum atomic E-state index is -0.816. The van der Waals surface area contributed by atoms with Crippen LogP contribution >= 0.6 is 0 Å². The summed E-state index contributed by atoms with van der Waals surface area (Å²) in [6.45, 7) is 0. The van der Waals surface area contributed by atoms with Crippen LogP contribution in [0, 0.1) is 0 Å². The van der Waals surface area contributed by atoms with Crippen LogP contribution < -0.4 is 10.6 Å². The van der Waals surface area contributed by atoms with Gasteiger partial charge in [-0.1, -0.05) is 31.4 Å². The van der Waals surface area contributed by atoms with E-state index in [4.69, 9.17) is 5.11 Å². The summed E-state index contributed by atoms with van der Waals surface area (Å²) in [6.07, 6.45) is 6.27. The zero-order chi connectivity index (χ0) is 15.1. The van der Waals surface area contributed by atoms with Crippen molar-refractivity contribution in [1.29, 1.82) is 0 Å². The molecule has 0 heterocycles. The van der Waals surface area contributed by atoms with Crippen LogP contribution in [0.25, 0.3) is 0 Å². The molecule has 0 saturated heterocycles. The van der Waals surface area contributed by atoms with E-state index >= 15 is 0 Å². The summed E-state index contributed by atoms with van der Waals surface area (Å²) in [6, 6.07) is 7.42. The number of carbonyl (C=O) groups is 2. The summed E-state index contributed by atoms with van der Waals surface area (Å²) >= 11 is 0. The normalized spacial score (nSPS) is 15.4. The van der Waals surface area contributed by atoms with Gasteiger partial charge in [-0.15, -0.1) is 0 Å². The minimum Gasteiger partial charge on any atom is -0.481 e. The van der Waals surface area contributed by atoms with Crippen molar-refractivity contribution >= 4 is 17.7 Å². The van der Waals surface area contributed by atoms with Gasteiger partial charge in [0.05, 0.1) is 0 Å². The monoisotopic (exact) mass is 290 g/mol. The lowest BCUT2D eigenvalue weighted by Gasteiger charge is -2.22. The molecule has 1 aromatic rings. The molecule has 1 aliphatic rings. The van der Waals surface area contributed by atoms with E-state index < -0.39 is 5.97 Å². The van der Waals surface area contributed by atoms with Crippen molar-refractivity contribution in [1.82, 2.24) is 5.32 Å². The zero-order valence-electron chi connectivity index (χ0n) is 12.1. The molecular formula is C16H22N2O3. The SMILES string of the molecule is O=C(O)CCc1cccc(NC(=O)NC2CCCCC2)c1. The molecule has 21 heavy (non-hydrogen) atoms. The Morgan fingerprint density at radius 1 is 1.19 bits per heavy atom. The number of carboxylic acid groups (broad SMARTS) is 1. The van der Waals surface area contributed by atoms with Gasteiger partial charge in [-0.05, 0) is 37.0 Å². The molecule has 0 spiro atoms. The topological polar surface area (TPSA) is 78.4 Å². The molecule has 114 valence electrons. The fourth-order valence-corrected chi connectivity index (χ4v) is 2.66. The van der Waals surface area contributed by atoms with Gasteiger partial charge in [0.1, 0.15) is 0 Å². The number of amides is 2. The average Bonchev–Trinajstić information content (AvgIpc) is 2.46. The first kappa shape index (κ1) is 15.4. The number of benzene rings is 1. The third-order valence-electron chi connectivity index (χ3n) is 3.75. The van der Waals surface area contributed by atoms with Crippen LogP contribution in [0.4, 0.5) is 10.5 Å². The molecule has 0 bridgehead atoms. The largest absolute Gasteiger partial charge is 0.481 e. The minimum absolute atomic E-state index is 0.0950. The first-order valence-corrected chi connectivity index (χ1v) is 7.52. The van der Waals surface area contributed by atoms with Gasteiger partial charge in [0, 0.05) is 18.2 Å². The Morgan fingerprint density at radius 2 is 1.95 bits per heavy atom. The van der Waals surface area contributed by atoms with E-state index in [1.165, 1.54) is 19.3 Å². The van der Waals surface area contributed by atoms with Gasteiger partial charge in [-0.25, -0.2) is 4.79 Å². The lowest BCUT2D eigenvalue weighted by molar-refractivity contribution is -0.136. The van der Waals surface area contributed by atoms with E-state index in [0.717, 1.165) is 18.4 Å². The number of nitrogens with one attached hydrogen (secondary N) is 2. The maximum atomic E-state index is 11.9. The molecule has 0 aliphatic heterocycles. The Kier molecular flexibility index (Phi) is 5.60. The third-order valence-corrected chi connectivity index (χ3v) is 3.75. The fourth-order valence-electron chi connectivity index (χ4n) is 2.66. The summed E-state index contributed by atoms with van der Waals surface area (Å²) in [5, 5.41) is 14.5. The Morgan fingerprint density at radius 3 is 2.67 bits per heavy atom. The molecule has 5 heteroatoms. The molecule has 2 amide bonds. The second-order valence-corrected chi connectivity index (χ2v) is 5.53. The van der Waals surface area contributed by atoms with Gasteiger partial charge < -0.3 is 15.7 Å². The molecule has 2 rings (SSSR count). The second-order valence-electron chi connectivity index (χ2n) is 5.53. The first-order chi connectivity index (χ1) is 10.1. The average molecular weight is 290 g/mol. The van der Waals surface area contributed by atoms with E-state index in [1.54, 1.807) is 0 Å². The van der Waals surface area contributed by atoms with Crippen molar-refractivity contribution in [3.63, 3.8) is 0 Å². The summed E-state index contributed by atoms with van der Waals surface area (Å²) < 4.78 is 0. The van der Waals surface area contributed by atoms with Crippen molar-refractivity contribution in [2.24, 2.45) is 0 Å². The lowest BCUT2D eigenvalue weighted by Crippen LogP contribution is -2.39. The number of aryl methyl sites for hydroxylation is 1. The number of hydrogen-bond donors (Lipinski definition) is 3. The predicted octanol–water partition coefficient (Wildman–Crippen LogP) is 3.16. The van der Waals surface area contributed by atoms with E-state index in [-0.39, 0.29) is 18.5 Å². The van der Waals surface area contributed by atoms with Gasteiger partial charge in [0.2, 0.25) is 0 Å². The van der Waals surface area contributed by atoms with Crippen LogP contribution in [0.3, 0.4) is 0 Å². The van der Waals surface area contributed by atoms with Gasteiger partial charge in [0.25, 0.3) is 0 Å². The summed E-state index contributed by atoms with van der Waals surface area (Å²) in [4.78, 5) is 22.5. The van der Waals surface area contributed by atoms with E-state index in [2.05, 4.69) is 10.6 Å². The van der Waals surface area contributed by atoms with Gasteiger partial charge >= 0.3 is 12.0 Å². The maximum absolute atomic E-state index is 11.9. The summed E-state index contributed by atoms with van der Waals surface area (Å²) in [5.41, 5.74) is 1.61. The lowest BCUT2D eigenvalue weighted by atomic mass is 9.96. The van der Waals surface area contributed by atoms with Crippen LogP contribution in [0.2, 0.25) is 0 Å². The molecule has 1 aromatic carbocycles. The molecule has 3 N–H and O–H groups in total. The number of urea groups is 1. The molecule has 1 saturated carbocycles. The highest BCUT2D eigenvalue weighted by atomic mass is 16.4. The van der Waals surface area contributed by atoms with Crippen molar-refractivity contribution in [2.75, 3.05) is 5.32 Å². The quantitative estimate of drug-likeness (QED) is 0.779. The summed E-state index contributed by atoms with van der Waals surface area (Å²) in [5.74, 6) is -0.816. The molecule has 1 fully saturated rings.